The number of morpholine rings is 1. The number of nitrogens with zero attached hydrogens (tertiary/aromatic N) is 2. The van der Waals surface area contributed by atoms with E-state index in [9.17, 15) is 18.8 Å². The van der Waals surface area contributed by atoms with E-state index in [0.717, 1.165) is 0 Å². The van der Waals surface area contributed by atoms with Crippen LogP contribution in [0.2, 0.25) is 0 Å². The number of anilines is 1. The largest absolute Gasteiger partial charge is 0.377 e. The molecule has 1 aromatic carbocycles. The Morgan fingerprint density at radius 2 is 2.00 bits per heavy atom. The molecule has 8 heteroatoms. The normalized spacial score (nSPS) is 16.8. The highest BCUT2D eigenvalue weighted by Gasteiger charge is 2.29. The number of pyridine rings is 1. The number of amides is 2. The highest BCUT2D eigenvalue weighted by Crippen LogP contribution is 2.14. The number of hydrogen-bond acceptors (Lipinski definition) is 4. The van der Waals surface area contributed by atoms with E-state index < -0.39 is 11.9 Å². The van der Waals surface area contributed by atoms with Crippen LogP contribution in [-0.2, 0) is 20.9 Å². The van der Waals surface area contributed by atoms with Crippen molar-refractivity contribution in [2.24, 2.45) is 0 Å². The molecule has 2 aromatic rings. The van der Waals surface area contributed by atoms with Crippen LogP contribution in [0, 0.1) is 5.82 Å². The third kappa shape index (κ3) is 5.24. The van der Waals surface area contributed by atoms with Crippen LogP contribution in [0.4, 0.5) is 10.1 Å². The van der Waals surface area contributed by atoms with Gasteiger partial charge >= 0.3 is 0 Å². The molecule has 1 aliphatic rings. The van der Waals surface area contributed by atoms with E-state index in [0.29, 0.717) is 18.8 Å². The van der Waals surface area contributed by atoms with Crippen molar-refractivity contribution in [2.75, 3.05) is 25.1 Å². The van der Waals surface area contributed by atoms with E-state index in [2.05, 4.69) is 5.32 Å². The molecule has 1 fully saturated rings. The summed E-state index contributed by atoms with van der Waals surface area (Å²) in [6, 6.07) is 8.00. The molecule has 1 N–H and O–H groups in total. The lowest BCUT2D eigenvalue weighted by Gasteiger charge is -2.35. The second-order valence-electron chi connectivity index (χ2n) is 6.28. The van der Waals surface area contributed by atoms with Gasteiger partial charge in [-0.15, -0.1) is 0 Å². The minimum atomic E-state index is -0.438. The Morgan fingerprint density at radius 1 is 1.22 bits per heavy atom. The molecule has 0 aliphatic carbocycles. The molecule has 1 aliphatic heterocycles. The molecule has 0 saturated carbocycles. The molecule has 3 rings (SSSR count). The van der Waals surface area contributed by atoms with Gasteiger partial charge in [0.2, 0.25) is 11.8 Å². The van der Waals surface area contributed by atoms with Crippen molar-refractivity contribution < 1.29 is 18.7 Å². The third-order valence-corrected chi connectivity index (χ3v) is 4.26. The Morgan fingerprint density at radius 3 is 2.74 bits per heavy atom. The summed E-state index contributed by atoms with van der Waals surface area (Å²) in [4.78, 5) is 37.7. The fourth-order valence-corrected chi connectivity index (χ4v) is 2.94. The monoisotopic (exact) mass is 373 g/mol. The highest BCUT2D eigenvalue weighted by atomic mass is 19.1. The number of ether oxygens (including phenoxy) is 1. The van der Waals surface area contributed by atoms with Crippen molar-refractivity contribution in [1.82, 2.24) is 9.47 Å². The molecule has 0 radical (unpaired) electrons. The van der Waals surface area contributed by atoms with Crippen molar-refractivity contribution in [3.8, 4) is 0 Å². The zero-order chi connectivity index (χ0) is 19.2. The summed E-state index contributed by atoms with van der Waals surface area (Å²) >= 11 is 0. The van der Waals surface area contributed by atoms with Gasteiger partial charge in [0.05, 0.1) is 19.3 Å². The first-order valence-electron chi connectivity index (χ1n) is 8.60. The molecular formula is C19H20FN3O4. The van der Waals surface area contributed by atoms with Gasteiger partial charge in [-0.3, -0.25) is 14.4 Å². The van der Waals surface area contributed by atoms with Gasteiger partial charge < -0.3 is 19.5 Å². The number of carbonyl (C=O) groups excluding carboxylic acids is 2. The maximum absolute atomic E-state index is 13.2. The molecule has 27 heavy (non-hydrogen) atoms. The Kier molecular flexibility index (Phi) is 5.97. The maximum atomic E-state index is 13.2. The number of nitrogens with one attached hydrogen (secondary N) is 1. The summed E-state index contributed by atoms with van der Waals surface area (Å²) in [5.74, 6) is -0.922. The fraction of sp³-hybridized carbons (Fsp3) is 0.316. The van der Waals surface area contributed by atoms with Crippen LogP contribution in [0.1, 0.15) is 6.42 Å². The van der Waals surface area contributed by atoms with E-state index >= 15 is 0 Å². The first-order chi connectivity index (χ1) is 13.0. The minimum Gasteiger partial charge on any atom is -0.377 e. The molecule has 7 nitrogen and oxygen atoms in total. The number of carbonyl (C=O) groups is 2. The summed E-state index contributed by atoms with van der Waals surface area (Å²) in [5, 5.41) is 2.63. The lowest BCUT2D eigenvalue weighted by molar-refractivity contribution is -0.141. The zero-order valence-corrected chi connectivity index (χ0v) is 14.6. The van der Waals surface area contributed by atoms with Crippen LogP contribution in [0.25, 0.3) is 0 Å². The summed E-state index contributed by atoms with van der Waals surface area (Å²) in [5.41, 5.74) is 0.236. The number of rotatable bonds is 5. The first-order valence-corrected chi connectivity index (χ1v) is 8.60. The van der Waals surface area contributed by atoms with Gasteiger partial charge in [0.25, 0.3) is 0 Å². The topological polar surface area (TPSA) is 80.6 Å². The summed E-state index contributed by atoms with van der Waals surface area (Å²) < 4.78 is 20.3. The van der Waals surface area contributed by atoms with Crippen LogP contribution >= 0.6 is 0 Å². The highest BCUT2D eigenvalue weighted by molar-refractivity contribution is 5.91. The molecule has 142 valence electrons. The Balaban J connectivity index is 1.62. The molecule has 0 spiro atoms. The predicted molar refractivity (Wildman–Crippen MR) is 96.7 cm³/mol. The first kappa shape index (κ1) is 18.8. The number of halogens is 1. The van der Waals surface area contributed by atoms with Crippen molar-refractivity contribution in [1.29, 1.82) is 0 Å². The van der Waals surface area contributed by atoms with E-state index in [-0.39, 0.29) is 36.8 Å². The SMILES string of the molecule is O=C(C[C@H]1COCCN1C(=O)Cn1ccc(=O)cc1)Nc1cccc(F)c1. The van der Waals surface area contributed by atoms with Crippen molar-refractivity contribution in [3.05, 3.63) is 64.8 Å². The third-order valence-electron chi connectivity index (χ3n) is 4.26. The van der Waals surface area contributed by atoms with Gasteiger partial charge in [0.1, 0.15) is 12.4 Å². The zero-order valence-electron chi connectivity index (χ0n) is 14.6. The number of aromatic nitrogens is 1. The van der Waals surface area contributed by atoms with Crippen LogP contribution in [0.5, 0.6) is 0 Å². The second-order valence-corrected chi connectivity index (χ2v) is 6.28. The van der Waals surface area contributed by atoms with E-state index in [1.165, 1.54) is 30.3 Å². The van der Waals surface area contributed by atoms with Crippen molar-refractivity contribution in [3.63, 3.8) is 0 Å². The standard InChI is InChI=1S/C19H20FN3O4/c20-14-2-1-3-15(10-14)21-18(25)11-16-13-27-9-8-23(16)19(26)12-22-6-4-17(24)5-7-22/h1-7,10,16H,8-9,11-13H2,(H,21,25)/t16-/m0/s1. The molecule has 0 unspecified atom stereocenters. The minimum absolute atomic E-state index is 0.0480. The van der Waals surface area contributed by atoms with Crippen LogP contribution in [-0.4, -0.2) is 47.1 Å². The maximum Gasteiger partial charge on any atom is 0.242 e. The van der Waals surface area contributed by atoms with Gasteiger partial charge in [-0.1, -0.05) is 6.07 Å². The molecule has 1 saturated heterocycles. The van der Waals surface area contributed by atoms with Gasteiger partial charge in [-0.25, -0.2) is 4.39 Å². The predicted octanol–water partition coefficient (Wildman–Crippen LogP) is 1.24. The van der Waals surface area contributed by atoms with Crippen molar-refractivity contribution >= 4 is 17.5 Å². The van der Waals surface area contributed by atoms with Crippen LogP contribution in [0.3, 0.4) is 0 Å². The Bertz CT molecular complexity index is 863. The smallest absolute Gasteiger partial charge is 0.242 e. The Hall–Kier alpha value is -3.00. The molecule has 1 aromatic heterocycles. The number of hydrogen-bond donors (Lipinski definition) is 1. The lowest BCUT2D eigenvalue weighted by atomic mass is 10.1. The average Bonchev–Trinajstić information content (AvgIpc) is 2.64. The molecule has 1 atom stereocenters. The van der Waals surface area contributed by atoms with E-state index in [4.69, 9.17) is 4.74 Å². The van der Waals surface area contributed by atoms with Crippen LogP contribution in [0.15, 0.2) is 53.6 Å². The molecule has 2 heterocycles. The summed E-state index contributed by atoms with van der Waals surface area (Å²) in [6.45, 7) is 1.11. The van der Waals surface area contributed by atoms with Gasteiger partial charge in [0, 0.05) is 43.2 Å². The Labute approximate surface area is 155 Å². The number of benzene rings is 1. The molecular weight excluding hydrogens is 353 g/mol. The molecule has 0 bridgehead atoms. The summed E-state index contributed by atoms with van der Waals surface area (Å²) in [7, 11) is 0. The second kappa shape index (κ2) is 8.59. The average molecular weight is 373 g/mol. The fourth-order valence-electron chi connectivity index (χ4n) is 2.94. The lowest BCUT2D eigenvalue weighted by Crippen LogP contribution is -2.51. The van der Waals surface area contributed by atoms with Crippen molar-refractivity contribution in [2.45, 2.75) is 19.0 Å². The van der Waals surface area contributed by atoms with Gasteiger partial charge in [-0.2, -0.15) is 0 Å². The van der Waals surface area contributed by atoms with Crippen LogP contribution < -0.4 is 10.7 Å². The molecule has 2 amide bonds. The van der Waals surface area contributed by atoms with E-state index in [1.54, 1.807) is 27.9 Å². The van der Waals surface area contributed by atoms with Gasteiger partial charge in [-0.05, 0) is 18.2 Å². The quantitative estimate of drug-likeness (QED) is 0.855. The van der Waals surface area contributed by atoms with Gasteiger partial charge in [0.15, 0.2) is 5.43 Å². The summed E-state index contributed by atoms with van der Waals surface area (Å²) in [6.07, 6.45) is 3.14. The van der Waals surface area contributed by atoms with E-state index in [1.807, 2.05) is 0 Å².